The fraction of sp³-hybridized carbons (Fsp3) is 0.727. The number of nitrogens with zero attached hydrogens (tertiary/aromatic N) is 1. The second kappa shape index (κ2) is 8.44. The van der Waals surface area contributed by atoms with Gasteiger partial charge in [0.15, 0.2) is 0 Å². The highest BCUT2D eigenvalue weighted by atomic mass is 16.5. The van der Waals surface area contributed by atoms with Gasteiger partial charge in [0.05, 0.1) is 13.7 Å². The van der Waals surface area contributed by atoms with Crippen molar-refractivity contribution in [1.29, 1.82) is 0 Å². The predicted octanol–water partition coefficient (Wildman–Crippen LogP) is 0.810. The van der Waals surface area contributed by atoms with Gasteiger partial charge in [-0.1, -0.05) is 19.9 Å². The molecule has 0 rings (SSSR count). The van der Waals surface area contributed by atoms with Gasteiger partial charge in [0.25, 0.3) is 0 Å². The Kier molecular flexibility index (Phi) is 7.95. The molecule has 0 bridgehead atoms. The van der Waals surface area contributed by atoms with Crippen molar-refractivity contribution >= 4 is 5.97 Å². The summed E-state index contributed by atoms with van der Waals surface area (Å²) in [4.78, 5) is 13.3. The summed E-state index contributed by atoms with van der Waals surface area (Å²) < 4.78 is 4.65. The summed E-state index contributed by atoms with van der Waals surface area (Å²) in [6.45, 7) is 6.25. The molecule has 0 aliphatic carbocycles. The lowest BCUT2D eigenvalue weighted by Crippen LogP contribution is -2.27. The number of carbonyl (C=O) groups excluding carboxylic acids is 1. The van der Waals surface area contributed by atoms with Crippen LogP contribution in [0.2, 0.25) is 0 Å². The van der Waals surface area contributed by atoms with Crippen molar-refractivity contribution in [3.63, 3.8) is 0 Å². The predicted molar refractivity (Wildman–Crippen MR) is 59.6 cm³/mol. The molecule has 0 saturated heterocycles. The van der Waals surface area contributed by atoms with E-state index in [1.807, 2.05) is 19.9 Å². The molecule has 0 aliphatic heterocycles. The van der Waals surface area contributed by atoms with Crippen molar-refractivity contribution in [3.05, 3.63) is 11.6 Å². The van der Waals surface area contributed by atoms with E-state index in [4.69, 9.17) is 5.11 Å². The molecule has 1 N–H and O–H groups in total. The van der Waals surface area contributed by atoms with E-state index < -0.39 is 0 Å². The Bertz CT molecular complexity index is 214. The fourth-order valence-corrected chi connectivity index (χ4v) is 1.26. The van der Waals surface area contributed by atoms with Crippen LogP contribution in [0.4, 0.5) is 0 Å². The van der Waals surface area contributed by atoms with Crippen molar-refractivity contribution in [3.8, 4) is 0 Å². The maximum Gasteiger partial charge on any atom is 0.333 e. The lowest BCUT2D eigenvalue weighted by molar-refractivity contribution is -0.136. The second-order valence-electron chi connectivity index (χ2n) is 3.19. The van der Waals surface area contributed by atoms with Crippen LogP contribution >= 0.6 is 0 Å². The van der Waals surface area contributed by atoms with Gasteiger partial charge in [0, 0.05) is 18.7 Å². The molecule has 0 aromatic rings. The largest absolute Gasteiger partial charge is 0.466 e. The maximum absolute atomic E-state index is 11.2. The summed E-state index contributed by atoms with van der Waals surface area (Å²) in [7, 11) is 1.39. The third-order valence-corrected chi connectivity index (χ3v) is 2.29. The first-order chi connectivity index (χ1) is 7.19. The summed E-state index contributed by atoms with van der Waals surface area (Å²) in [5, 5.41) is 8.79. The van der Waals surface area contributed by atoms with Gasteiger partial charge < -0.3 is 9.84 Å². The maximum atomic E-state index is 11.2. The van der Waals surface area contributed by atoms with Crippen LogP contribution in [-0.4, -0.2) is 49.3 Å². The molecule has 0 aromatic carbocycles. The minimum atomic E-state index is -0.266. The van der Waals surface area contributed by atoms with Crippen LogP contribution in [0.5, 0.6) is 0 Å². The van der Waals surface area contributed by atoms with E-state index in [9.17, 15) is 4.79 Å². The normalized spacial score (nSPS) is 11.9. The minimum Gasteiger partial charge on any atom is -0.466 e. The average Bonchev–Trinajstić information content (AvgIpc) is 2.27. The summed E-state index contributed by atoms with van der Waals surface area (Å²) in [6.07, 6.45) is 2.54. The first-order valence-corrected chi connectivity index (χ1v) is 5.30. The number of ether oxygens (including phenoxy) is 1. The van der Waals surface area contributed by atoms with Gasteiger partial charge in [0.2, 0.25) is 0 Å². The summed E-state index contributed by atoms with van der Waals surface area (Å²) in [5.41, 5.74) is 0.689. The lowest BCUT2D eigenvalue weighted by Gasteiger charge is -2.17. The van der Waals surface area contributed by atoms with Crippen LogP contribution in [0, 0.1) is 0 Å². The number of rotatable bonds is 7. The van der Waals surface area contributed by atoms with Gasteiger partial charge in [0.1, 0.15) is 0 Å². The molecule has 0 saturated carbocycles. The minimum absolute atomic E-state index is 0.140. The molecule has 0 spiro atoms. The Balaban J connectivity index is 4.24. The number of aliphatic hydroxyl groups excluding tert-OH is 1. The molecule has 0 atom stereocenters. The zero-order chi connectivity index (χ0) is 11.7. The number of likely N-dealkylation sites (N-methyl/N-ethyl adjacent to an activating group) is 1. The van der Waals surface area contributed by atoms with Gasteiger partial charge >= 0.3 is 5.97 Å². The molecule has 0 aliphatic rings. The van der Waals surface area contributed by atoms with Crippen LogP contribution in [-0.2, 0) is 9.53 Å². The number of carbonyl (C=O) groups is 1. The standard InChI is InChI=1S/C11H21NO3/c1-4-10(11(14)15-3)6-7-12(5-2)8-9-13/h6,13H,4-5,7-9H2,1-3H3. The van der Waals surface area contributed by atoms with E-state index in [0.717, 1.165) is 6.54 Å². The SMILES string of the molecule is CCC(=CCN(CC)CCO)C(=O)OC. The zero-order valence-corrected chi connectivity index (χ0v) is 9.82. The summed E-state index contributed by atoms with van der Waals surface area (Å²) in [6, 6.07) is 0. The van der Waals surface area contributed by atoms with Crippen molar-refractivity contribution in [1.82, 2.24) is 4.90 Å². The Morgan fingerprint density at radius 1 is 1.47 bits per heavy atom. The number of hydrogen-bond acceptors (Lipinski definition) is 4. The second-order valence-corrected chi connectivity index (χ2v) is 3.19. The van der Waals surface area contributed by atoms with E-state index >= 15 is 0 Å². The number of esters is 1. The third-order valence-electron chi connectivity index (χ3n) is 2.29. The van der Waals surface area contributed by atoms with E-state index in [1.54, 1.807) is 0 Å². The van der Waals surface area contributed by atoms with Gasteiger partial charge in [-0.2, -0.15) is 0 Å². The number of aliphatic hydroxyl groups is 1. The van der Waals surface area contributed by atoms with Gasteiger partial charge in [-0.05, 0) is 13.0 Å². The van der Waals surface area contributed by atoms with Crippen LogP contribution in [0.3, 0.4) is 0 Å². The Labute approximate surface area is 91.5 Å². The topological polar surface area (TPSA) is 49.8 Å². The Hall–Kier alpha value is -0.870. The van der Waals surface area contributed by atoms with Crippen molar-refractivity contribution in [2.45, 2.75) is 20.3 Å². The van der Waals surface area contributed by atoms with Gasteiger partial charge in [-0.15, -0.1) is 0 Å². The summed E-state index contributed by atoms with van der Waals surface area (Å²) >= 11 is 0. The molecule has 15 heavy (non-hydrogen) atoms. The lowest BCUT2D eigenvalue weighted by atomic mass is 10.2. The van der Waals surface area contributed by atoms with E-state index in [1.165, 1.54) is 7.11 Å². The molecule has 0 fully saturated rings. The fourth-order valence-electron chi connectivity index (χ4n) is 1.26. The van der Waals surface area contributed by atoms with Crippen molar-refractivity contribution in [2.24, 2.45) is 0 Å². The van der Waals surface area contributed by atoms with E-state index in [0.29, 0.717) is 25.1 Å². The Morgan fingerprint density at radius 3 is 2.53 bits per heavy atom. The highest BCUT2D eigenvalue weighted by Crippen LogP contribution is 2.03. The number of methoxy groups -OCH3 is 1. The van der Waals surface area contributed by atoms with E-state index in [2.05, 4.69) is 9.64 Å². The van der Waals surface area contributed by atoms with Crippen molar-refractivity contribution < 1.29 is 14.6 Å². The molecule has 4 nitrogen and oxygen atoms in total. The molecule has 88 valence electrons. The highest BCUT2D eigenvalue weighted by molar-refractivity contribution is 5.88. The Morgan fingerprint density at radius 2 is 2.13 bits per heavy atom. The number of hydrogen-bond donors (Lipinski definition) is 1. The molecule has 0 unspecified atom stereocenters. The molecule has 0 radical (unpaired) electrons. The zero-order valence-electron chi connectivity index (χ0n) is 9.82. The van der Waals surface area contributed by atoms with Crippen LogP contribution in [0.15, 0.2) is 11.6 Å². The smallest absolute Gasteiger partial charge is 0.333 e. The van der Waals surface area contributed by atoms with Crippen LogP contribution < -0.4 is 0 Å². The first kappa shape index (κ1) is 14.1. The molecular weight excluding hydrogens is 194 g/mol. The molecule has 0 heterocycles. The van der Waals surface area contributed by atoms with Crippen LogP contribution in [0.1, 0.15) is 20.3 Å². The average molecular weight is 215 g/mol. The molecular formula is C11H21NO3. The summed E-state index contributed by atoms with van der Waals surface area (Å²) in [5.74, 6) is -0.266. The third kappa shape index (κ3) is 5.54. The first-order valence-electron chi connectivity index (χ1n) is 5.30. The van der Waals surface area contributed by atoms with Crippen LogP contribution in [0.25, 0.3) is 0 Å². The molecule has 4 heteroatoms. The molecule has 0 amide bonds. The van der Waals surface area contributed by atoms with E-state index in [-0.39, 0.29) is 12.6 Å². The monoisotopic (exact) mass is 215 g/mol. The van der Waals surface area contributed by atoms with Gasteiger partial charge in [-0.25, -0.2) is 4.79 Å². The van der Waals surface area contributed by atoms with Crippen molar-refractivity contribution in [2.75, 3.05) is 33.4 Å². The molecule has 0 aromatic heterocycles. The van der Waals surface area contributed by atoms with Gasteiger partial charge in [-0.3, -0.25) is 4.90 Å². The quantitative estimate of drug-likeness (QED) is 0.504. The highest BCUT2D eigenvalue weighted by Gasteiger charge is 2.07.